The van der Waals surface area contributed by atoms with E-state index in [1.54, 1.807) is 6.08 Å². The average molecular weight is 1160 g/mol. The van der Waals surface area contributed by atoms with Crippen molar-refractivity contribution in [2.45, 2.75) is 333 Å². The largest absolute Gasteiger partial charge is 0.454 e. The Kier molecular flexibility index (Phi) is 55.1. The minimum Gasteiger partial charge on any atom is -0.454 e. The average Bonchev–Trinajstić information content (AvgIpc) is 3.64. The lowest BCUT2D eigenvalue weighted by Gasteiger charge is -2.41. The number of hydrogen-bond donors (Lipinski definition) is 6. The number of hydrogen-bond acceptors (Lipinski definition) is 10. The van der Waals surface area contributed by atoms with Crippen LogP contribution in [0, 0.1) is 0 Å². The van der Waals surface area contributed by atoms with Gasteiger partial charge in [-0.2, -0.15) is 0 Å². The van der Waals surface area contributed by atoms with Gasteiger partial charge in [-0.25, -0.2) is 0 Å². The van der Waals surface area contributed by atoms with Crippen molar-refractivity contribution in [3.8, 4) is 0 Å². The summed E-state index contributed by atoms with van der Waals surface area (Å²) < 4.78 is 17.6. The molecule has 0 bridgehead atoms. The SMILES string of the molecule is CC/C=C\C/C=C\C/C=C\C/C=C\C/C=C\CCCCC(O)C(=O)NC(COC1OC(CO)C(O)C(O)C1OC(=O)CCCCCCCCCCCCCCCCC/C=C\C/C=C\CCCCC)C(O)/C=C/CCCCCCCCCCC. The second kappa shape index (κ2) is 58.9. The van der Waals surface area contributed by atoms with Crippen LogP contribution in [0.4, 0.5) is 0 Å². The number of esters is 1. The summed E-state index contributed by atoms with van der Waals surface area (Å²) in [6.45, 7) is 5.64. The van der Waals surface area contributed by atoms with Gasteiger partial charge in [0.1, 0.15) is 24.4 Å². The molecule has 8 unspecified atom stereocenters. The summed E-state index contributed by atoms with van der Waals surface area (Å²) in [5, 5.41) is 57.1. The summed E-state index contributed by atoms with van der Waals surface area (Å²) in [7, 11) is 0. The number of unbranched alkanes of at least 4 members (excludes halogenated alkanes) is 29. The number of ether oxygens (including phenoxy) is 3. The van der Waals surface area contributed by atoms with Gasteiger partial charge in [0, 0.05) is 6.42 Å². The summed E-state index contributed by atoms with van der Waals surface area (Å²) in [4.78, 5) is 26.6. The lowest BCUT2D eigenvalue weighted by molar-refractivity contribution is -0.305. The fraction of sp³-hybridized carbons (Fsp3) is 0.750. The topological polar surface area (TPSA) is 175 Å². The Morgan fingerprint density at radius 3 is 1.33 bits per heavy atom. The van der Waals surface area contributed by atoms with Gasteiger partial charge in [0.15, 0.2) is 12.4 Å². The standard InChI is InChI=1S/C72H125NO10/c1-4-7-10-13-16-19-22-24-26-28-30-31-32-33-34-35-36-38-40-42-45-48-51-54-57-60-67(77)83-70-69(79)68(78)66(61-74)82-72(70)81-62-63(64(75)58-55-52-49-46-43-21-18-15-12-9-6-3)73-71(80)65(76)59-56-53-50-47-44-41-39-37-29-27-25-23-20-17-14-11-8-5-2/h8,11,16-17,19-20,24-27,37,39,44,47,55,58,63-66,68-70,72,74-76,78-79H,4-7,9-10,12-15,18,21-23,28-36,38,40-43,45-46,48-54,56-57,59-62H2,1-3H3,(H,73,80)/b11-8-,19-16-,20-17-,26-24-,27-25-,39-37-,47-44-,58-55+. The second-order valence-electron chi connectivity index (χ2n) is 23.2. The van der Waals surface area contributed by atoms with E-state index < -0.39 is 67.4 Å². The lowest BCUT2D eigenvalue weighted by Crippen LogP contribution is -2.61. The van der Waals surface area contributed by atoms with Gasteiger partial charge in [0.25, 0.3) is 0 Å². The highest BCUT2D eigenvalue weighted by Gasteiger charge is 2.47. The summed E-state index contributed by atoms with van der Waals surface area (Å²) in [6, 6.07) is -1.05. The molecule has 1 amide bonds. The van der Waals surface area contributed by atoms with E-state index in [1.807, 2.05) is 6.08 Å². The first kappa shape index (κ1) is 77.6. The first-order valence-electron chi connectivity index (χ1n) is 34.0. The number of carbonyl (C=O) groups is 2. The van der Waals surface area contributed by atoms with Gasteiger partial charge in [-0.15, -0.1) is 0 Å². The molecule has 8 atom stereocenters. The Labute approximate surface area is 507 Å². The van der Waals surface area contributed by atoms with Gasteiger partial charge in [-0.3, -0.25) is 9.59 Å². The molecule has 0 saturated carbocycles. The van der Waals surface area contributed by atoms with E-state index in [-0.39, 0.29) is 19.4 Å². The van der Waals surface area contributed by atoms with E-state index in [1.165, 1.54) is 141 Å². The van der Waals surface area contributed by atoms with Crippen molar-refractivity contribution >= 4 is 11.9 Å². The van der Waals surface area contributed by atoms with Crippen LogP contribution < -0.4 is 5.32 Å². The highest BCUT2D eigenvalue weighted by molar-refractivity contribution is 5.80. The first-order valence-corrected chi connectivity index (χ1v) is 34.0. The maximum absolute atomic E-state index is 13.4. The minimum atomic E-state index is -1.62. The number of aliphatic hydroxyl groups excluding tert-OH is 5. The van der Waals surface area contributed by atoms with Crippen molar-refractivity contribution in [1.82, 2.24) is 5.32 Å². The van der Waals surface area contributed by atoms with Crippen LogP contribution in [0.3, 0.4) is 0 Å². The maximum Gasteiger partial charge on any atom is 0.306 e. The Bertz CT molecular complexity index is 1720. The molecule has 478 valence electrons. The summed E-state index contributed by atoms with van der Waals surface area (Å²) in [6.07, 6.45) is 68.8. The Hall–Kier alpha value is -3.42. The third-order valence-corrected chi connectivity index (χ3v) is 15.5. The second-order valence-corrected chi connectivity index (χ2v) is 23.2. The van der Waals surface area contributed by atoms with Crippen molar-refractivity contribution < 1.29 is 49.3 Å². The summed E-state index contributed by atoms with van der Waals surface area (Å²) in [5.74, 6) is -1.23. The van der Waals surface area contributed by atoms with E-state index in [4.69, 9.17) is 14.2 Å². The molecule has 11 heteroatoms. The van der Waals surface area contributed by atoms with Crippen LogP contribution in [-0.2, 0) is 23.8 Å². The first-order chi connectivity index (χ1) is 40.7. The Balaban J connectivity index is 2.59. The monoisotopic (exact) mass is 1160 g/mol. The predicted molar refractivity (Wildman–Crippen MR) is 347 cm³/mol. The quantitative estimate of drug-likeness (QED) is 0.0195. The van der Waals surface area contributed by atoms with Crippen molar-refractivity contribution in [3.05, 3.63) is 97.2 Å². The number of nitrogens with one attached hydrogen (secondary N) is 1. The Morgan fingerprint density at radius 1 is 0.482 bits per heavy atom. The van der Waals surface area contributed by atoms with E-state index in [2.05, 4.69) is 111 Å². The number of aliphatic hydroxyl groups is 5. The van der Waals surface area contributed by atoms with Gasteiger partial charge >= 0.3 is 5.97 Å². The highest BCUT2D eigenvalue weighted by Crippen LogP contribution is 2.26. The Morgan fingerprint density at radius 2 is 0.867 bits per heavy atom. The molecule has 0 aliphatic carbocycles. The fourth-order valence-corrected chi connectivity index (χ4v) is 10.1. The normalized spacial score (nSPS) is 19.2. The zero-order chi connectivity index (χ0) is 60.3. The maximum atomic E-state index is 13.4. The van der Waals surface area contributed by atoms with Crippen LogP contribution in [0.1, 0.15) is 284 Å². The molecule has 1 aliphatic rings. The van der Waals surface area contributed by atoms with Crippen LogP contribution in [-0.4, -0.2) is 99.6 Å². The molecule has 6 N–H and O–H groups in total. The van der Waals surface area contributed by atoms with E-state index >= 15 is 0 Å². The highest BCUT2D eigenvalue weighted by atomic mass is 16.7. The van der Waals surface area contributed by atoms with Crippen molar-refractivity contribution in [1.29, 1.82) is 0 Å². The molecule has 1 saturated heterocycles. The van der Waals surface area contributed by atoms with Gasteiger partial charge < -0.3 is 45.1 Å². The minimum absolute atomic E-state index is 0.116. The molecule has 83 heavy (non-hydrogen) atoms. The molecule has 1 aliphatic heterocycles. The fourth-order valence-electron chi connectivity index (χ4n) is 10.1. The van der Waals surface area contributed by atoms with Crippen LogP contribution >= 0.6 is 0 Å². The van der Waals surface area contributed by atoms with Gasteiger partial charge in [0.05, 0.1) is 25.4 Å². The summed E-state index contributed by atoms with van der Waals surface area (Å²) >= 11 is 0. The smallest absolute Gasteiger partial charge is 0.306 e. The molecular formula is C72H125NO10. The van der Waals surface area contributed by atoms with Crippen molar-refractivity contribution in [2.75, 3.05) is 13.2 Å². The van der Waals surface area contributed by atoms with E-state index in [9.17, 15) is 35.1 Å². The van der Waals surface area contributed by atoms with Crippen molar-refractivity contribution in [2.24, 2.45) is 0 Å². The molecule has 0 radical (unpaired) electrons. The zero-order valence-corrected chi connectivity index (χ0v) is 53.0. The van der Waals surface area contributed by atoms with Crippen LogP contribution in [0.5, 0.6) is 0 Å². The molecule has 0 aromatic heterocycles. The molecule has 0 spiro atoms. The third kappa shape index (κ3) is 46.5. The molecule has 1 heterocycles. The molecule has 1 fully saturated rings. The molecule has 0 aromatic rings. The molecular weight excluding hydrogens is 1040 g/mol. The summed E-state index contributed by atoms with van der Waals surface area (Å²) in [5.41, 5.74) is 0. The molecule has 1 rings (SSSR count). The number of carbonyl (C=O) groups excluding carboxylic acids is 2. The van der Waals surface area contributed by atoms with Crippen LogP contribution in [0.2, 0.25) is 0 Å². The lowest BCUT2D eigenvalue weighted by atomic mass is 9.99. The van der Waals surface area contributed by atoms with Crippen LogP contribution in [0.15, 0.2) is 97.2 Å². The van der Waals surface area contributed by atoms with Gasteiger partial charge in [0.2, 0.25) is 5.91 Å². The van der Waals surface area contributed by atoms with Crippen LogP contribution in [0.25, 0.3) is 0 Å². The van der Waals surface area contributed by atoms with Gasteiger partial charge in [-0.1, -0.05) is 272 Å². The number of rotatable bonds is 57. The molecule has 11 nitrogen and oxygen atoms in total. The molecule has 0 aromatic carbocycles. The van der Waals surface area contributed by atoms with E-state index in [0.717, 1.165) is 96.3 Å². The number of allylic oxidation sites excluding steroid dienone is 15. The zero-order valence-electron chi connectivity index (χ0n) is 53.0. The van der Waals surface area contributed by atoms with Gasteiger partial charge in [-0.05, 0) is 103 Å². The third-order valence-electron chi connectivity index (χ3n) is 15.5. The van der Waals surface area contributed by atoms with E-state index in [0.29, 0.717) is 12.8 Å². The van der Waals surface area contributed by atoms with Crippen molar-refractivity contribution in [3.63, 3.8) is 0 Å². The number of amides is 1. The predicted octanol–water partition coefficient (Wildman–Crippen LogP) is 17.1.